The molecule has 0 saturated heterocycles. The van der Waals surface area contributed by atoms with Gasteiger partial charge in [0, 0.05) is 18.6 Å². The summed E-state index contributed by atoms with van der Waals surface area (Å²) in [4.78, 5) is 11.4. The van der Waals surface area contributed by atoms with Gasteiger partial charge in [0.25, 0.3) is 0 Å². The predicted octanol–water partition coefficient (Wildman–Crippen LogP) is 2.08. The van der Waals surface area contributed by atoms with Crippen LogP contribution in [0.15, 0.2) is 22.2 Å². The zero-order valence-corrected chi connectivity index (χ0v) is 10.7. The van der Waals surface area contributed by atoms with Crippen molar-refractivity contribution in [2.75, 3.05) is 6.61 Å². The Morgan fingerprint density at radius 2 is 2.25 bits per heavy atom. The summed E-state index contributed by atoms with van der Waals surface area (Å²) in [6.07, 6.45) is 6.62. The molecule has 0 aromatic carbocycles. The van der Waals surface area contributed by atoms with Gasteiger partial charge in [-0.2, -0.15) is 0 Å². The van der Waals surface area contributed by atoms with Crippen LogP contribution in [0.3, 0.4) is 0 Å². The second-order valence-electron chi connectivity index (χ2n) is 3.94. The van der Waals surface area contributed by atoms with Gasteiger partial charge in [0.1, 0.15) is 0 Å². The third kappa shape index (κ3) is 4.60. The number of hydrogen-bond acceptors (Lipinski definition) is 3. The molecule has 0 fully saturated rings. The molecular weight excluding hydrogens is 272 g/mol. The Labute approximate surface area is 104 Å². The number of rotatable bonds is 6. The fourth-order valence-electron chi connectivity index (χ4n) is 1.62. The van der Waals surface area contributed by atoms with E-state index in [0.29, 0.717) is 5.57 Å². The third-order valence-electron chi connectivity index (χ3n) is 2.47. The molecule has 16 heavy (non-hydrogen) atoms. The van der Waals surface area contributed by atoms with Crippen molar-refractivity contribution in [1.29, 1.82) is 0 Å². The number of ketones is 1. The van der Waals surface area contributed by atoms with Gasteiger partial charge >= 0.3 is 0 Å². The number of unbranched alkanes of at least 4 members (excludes halogenated alkanes) is 2. The minimum absolute atomic E-state index is 0.000178. The second kappa shape index (κ2) is 6.99. The molecule has 90 valence electrons. The second-order valence-corrected chi connectivity index (χ2v) is 4.96. The molecule has 2 N–H and O–H groups in total. The summed E-state index contributed by atoms with van der Waals surface area (Å²) in [7, 11) is 0. The maximum Gasteiger partial charge on any atom is 0.165 e. The highest BCUT2D eigenvalue weighted by Crippen LogP contribution is 2.22. The standard InChI is InChI=1S/C12H17BrO3/c13-10(4-2-1-3-5-14)6-9-7-11(15)8-12(9)16/h6-7,11,14-15H,1-5,8H2/b10-6-/t11-/m0/s1. The molecule has 4 heteroatoms. The van der Waals surface area contributed by atoms with Gasteiger partial charge in [0.05, 0.1) is 6.10 Å². The third-order valence-corrected chi connectivity index (χ3v) is 3.10. The lowest BCUT2D eigenvalue weighted by molar-refractivity contribution is -0.115. The van der Waals surface area contributed by atoms with Crippen LogP contribution in [0.4, 0.5) is 0 Å². The first-order chi connectivity index (χ1) is 7.63. The topological polar surface area (TPSA) is 57.5 Å². The van der Waals surface area contributed by atoms with Gasteiger partial charge in [0.15, 0.2) is 5.78 Å². The molecule has 1 atom stereocenters. The average Bonchev–Trinajstić information content (AvgIpc) is 2.52. The number of aliphatic hydroxyl groups is 2. The van der Waals surface area contributed by atoms with Gasteiger partial charge in [-0.25, -0.2) is 0 Å². The number of halogens is 1. The van der Waals surface area contributed by atoms with Crippen LogP contribution < -0.4 is 0 Å². The molecule has 1 rings (SSSR count). The van der Waals surface area contributed by atoms with Gasteiger partial charge in [-0.05, 0) is 35.9 Å². The van der Waals surface area contributed by atoms with Crippen molar-refractivity contribution in [2.45, 2.75) is 38.2 Å². The van der Waals surface area contributed by atoms with E-state index in [-0.39, 0.29) is 18.8 Å². The van der Waals surface area contributed by atoms with Crippen molar-refractivity contribution < 1.29 is 15.0 Å². The minimum Gasteiger partial charge on any atom is -0.396 e. The van der Waals surface area contributed by atoms with Crippen molar-refractivity contribution in [3.63, 3.8) is 0 Å². The highest BCUT2D eigenvalue weighted by Gasteiger charge is 2.20. The molecule has 0 saturated carbocycles. The molecule has 0 aliphatic heterocycles. The summed E-state index contributed by atoms with van der Waals surface area (Å²) in [5.74, 6) is -0.000178. The van der Waals surface area contributed by atoms with Crippen LogP contribution in [0.1, 0.15) is 32.1 Å². The van der Waals surface area contributed by atoms with Crippen LogP contribution in [-0.4, -0.2) is 28.7 Å². The Morgan fingerprint density at radius 1 is 1.50 bits per heavy atom. The van der Waals surface area contributed by atoms with Gasteiger partial charge < -0.3 is 10.2 Å². The fourth-order valence-corrected chi connectivity index (χ4v) is 2.15. The Morgan fingerprint density at radius 3 is 2.81 bits per heavy atom. The van der Waals surface area contributed by atoms with E-state index >= 15 is 0 Å². The lowest BCUT2D eigenvalue weighted by Gasteiger charge is -1.99. The monoisotopic (exact) mass is 288 g/mol. The number of hydrogen-bond donors (Lipinski definition) is 2. The van der Waals surface area contributed by atoms with Gasteiger partial charge in [-0.15, -0.1) is 0 Å². The van der Waals surface area contributed by atoms with Crippen molar-refractivity contribution >= 4 is 21.7 Å². The number of aliphatic hydroxyl groups excluding tert-OH is 2. The Bertz CT molecular complexity index is 307. The van der Waals surface area contributed by atoms with E-state index in [1.807, 2.05) is 0 Å². The van der Waals surface area contributed by atoms with Crippen molar-refractivity contribution in [3.8, 4) is 0 Å². The van der Waals surface area contributed by atoms with Crippen LogP contribution in [0, 0.1) is 0 Å². The van der Waals surface area contributed by atoms with Gasteiger partial charge in [-0.1, -0.05) is 22.4 Å². The summed E-state index contributed by atoms with van der Waals surface area (Å²) >= 11 is 3.41. The first-order valence-corrected chi connectivity index (χ1v) is 6.33. The highest BCUT2D eigenvalue weighted by molar-refractivity contribution is 9.11. The first-order valence-electron chi connectivity index (χ1n) is 5.53. The first kappa shape index (κ1) is 13.6. The van der Waals surface area contributed by atoms with E-state index in [2.05, 4.69) is 15.9 Å². The van der Waals surface area contributed by atoms with E-state index < -0.39 is 6.10 Å². The minimum atomic E-state index is -0.617. The molecule has 0 aromatic rings. The smallest absolute Gasteiger partial charge is 0.165 e. The average molecular weight is 289 g/mol. The predicted molar refractivity (Wildman–Crippen MR) is 66.3 cm³/mol. The number of carbonyl (C=O) groups excluding carboxylic acids is 1. The van der Waals surface area contributed by atoms with Crippen molar-refractivity contribution in [2.24, 2.45) is 0 Å². The van der Waals surface area contributed by atoms with Crippen molar-refractivity contribution in [1.82, 2.24) is 0 Å². The molecule has 0 bridgehead atoms. The molecule has 0 heterocycles. The van der Waals surface area contributed by atoms with E-state index in [4.69, 9.17) is 5.11 Å². The molecule has 1 aliphatic rings. The molecule has 1 aliphatic carbocycles. The largest absolute Gasteiger partial charge is 0.396 e. The summed E-state index contributed by atoms with van der Waals surface area (Å²) in [6, 6.07) is 0. The maximum atomic E-state index is 11.4. The van der Waals surface area contributed by atoms with Crippen LogP contribution in [0.25, 0.3) is 0 Å². The van der Waals surface area contributed by atoms with E-state index in [0.717, 1.165) is 30.2 Å². The molecule has 0 amide bonds. The van der Waals surface area contributed by atoms with Crippen LogP contribution in [0.2, 0.25) is 0 Å². The normalized spacial score (nSPS) is 21.4. The molecule has 0 radical (unpaired) electrons. The highest BCUT2D eigenvalue weighted by atomic mass is 79.9. The summed E-state index contributed by atoms with van der Waals surface area (Å²) in [5, 5.41) is 17.9. The lowest BCUT2D eigenvalue weighted by Crippen LogP contribution is -2.00. The Kier molecular flexibility index (Phi) is 5.95. The van der Waals surface area contributed by atoms with Crippen LogP contribution >= 0.6 is 15.9 Å². The molecule has 0 spiro atoms. The molecular formula is C12H17BrO3. The number of carbonyl (C=O) groups is 1. The Hall–Kier alpha value is -0.450. The molecule has 0 unspecified atom stereocenters. The summed E-state index contributed by atoms with van der Waals surface area (Å²) < 4.78 is 0.971. The van der Waals surface area contributed by atoms with Crippen LogP contribution in [-0.2, 0) is 4.79 Å². The lowest BCUT2D eigenvalue weighted by atomic mass is 10.1. The zero-order chi connectivity index (χ0) is 12.0. The summed E-state index contributed by atoms with van der Waals surface area (Å²) in [6.45, 7) is 0.233. The SMILES string of the molecule is O=C1C[C@@H](O)C=C1/C=C(\Br)CCCCCO. The maximum absolute atomic E-state index is 11.4. The summed E-state index contributed by atoms with van der Waals surface area (Å²) in [5.41, 5.74) is 0.599. The molecule has 0 aromatic heterocycles. The van der Waals surface area contributed by atoms with E-state index in [1.54, 1.807) is 12.2 Å². The van der Waals surface area contributed by atoms with E-state index in [1.165, 1.54) is 0 Å². The zero-order valence-electron chi connectivity index (χ0n) is 9.16. The fraction of sp³-hybridized carbons (Fsp3) is 0.583. The van der Waals surface area contributed by atoms with Crippen LogP contribution in [0.5, 0.6) is 0 Å². The van der Waals surface area contributed by atoms with Gasteiger partial charge in [0.2, 0.25) is 0 Å². The quantitative estimate of drug-likeness (QED) is 0.736. The van der Waals surface area contributed by atoms with Gasteiger partial charge in [-0.3, -0.25) is 4.79 Å². The number of Topliss-reactive ketones (excluding diaryl/α,β-unsaturated/α-hetero) is 1. The molecule has 3 nitrogen and oxygen atoms in total. The van der Waals surface area contributed by atoms with E-state index in [9.17, 15) is 9.90 Å². The Balaban J connectivity index is 2.38. The number of allylic oxidation sites excluding steroid dienone is 3. The van der Waals surface area contributed by atoms with Crippen molar-refractivity contribution in [3.05, 3.63) is 22.2 Å².